The molecule has 0 saturated heterocycles. The Balaban J connectivity index is 1.90. The van der Waals surface area contributed by atoms with Gasteiger partial charge in [-0.25, -0.2) is 9.07 Å². The van der Waals surface area contributed by atoms with Crippen LogP contribution in [0.3, 0.4) is 0 Å². The van der Waals surface area contributed by atoms with Gasteiger partial charge in [0.25, 0.3) is 5.91 Å². The number of nitrogens with zero attached hydrogens (tertiary/aromatic N) is 2. The van der Waals surface area contributed by atoms with E-state index >= 15 is 0 Å². The molecule has 1 amide bonds. The van der Waals surface area contributed by atoms with Crippen LogP contribution in [-0.2, 0) is 11.3 Å². The van der Waals surface area contributed by atoms with Crippen LogP contribution in [0.25, 0.3) is 5.69 Å². The summed E-state index contributed by atoms with van der Waals surface area (Å²) in [6.07, 6.45) is -3.13. The maximum Gasteiger partial charge on any atom is 0.305 e. The van der Waals surface area contributed by atoms with Crippen molar-refractivity contribution in [2.45, 2.75) is 51.4 Å². The van der Waals surface area contributed by atoms with Gasteiger partial charge in [-0.05, 0) is 35.7 Å². The number of carboxylic acids is 1. The first-order valence-corrected chi connectivity index (χ1v) is 11.6. The molecule has 2 atom stereocenters. The molecule has 9 nitrogen and oxygen atoms in total. The molecular formula is C26H30FN3O6. The van der Waals surface area contributed by atoms with Gasteiger partial charge in [0.05, 0.1) is 24.3 Å². The van der Waals surface area contributed by atoms with E-state index in [9.17, 15) is 24.2 Å². The van der Waals surface area contributed by atoms with Crippen molar-refractivity contribution in [3.05, 3.63) is 77.2 Å². The van der Waals surface area contributed by atoms with E-state index in [0.29, 0.717) is 11.3 Å². The van der Waals surface area contributed by atoms with Crippen LogP contribution >= 0.6 is 0 Å². The maximum atomic E-state index is 13.5. The fraction of sp³-hybridized carbons (Fsp3) is 0.346. The van der Waals surface area contributed by atoms with Gasteiger partial charge in [-0.1, -0.05) is 44.2 Å². The van der Waals surface area contributed by atoms with Crippen molar-refractivity contribution in [2.75, 3.05) is 6.61 Å². The first-order chi connectivity index (χ1) is 17.2. The molecule has 4 N–H and O–H groups in total. The fourth-order valence-electron chi connectivity index (χ4n) is 3.70. The standard InChI is InChI=1S/C26H30FN3O6/c1-16(2)23-24(25(35)28-14-17-6-4-3-5-7-17)29-30(19-10-8-18(27)9-11-19)26(23)36-15-21(32)12-20(31)13-22(33)34/h3-11,16,20-21,31-32H,12-15H2,1-2H3,(H,28,35)(H,33,34)/t20-,21+/m1/s1. The molecule has 36 heavy (non-hydrogen) atoms. The van der Waals surface area contributed by atoms with Crippen LogP contribution in [0, 0.1) is 5.82 Å². The first kappa shape index (κ1) is 26.8. The Labute approximate surface area is 208 Å². The summed E-state index contributed by atoms with van der Waals surface area (Å²) in [7, 11) is 0. The van der Waals surface area contributed by atoms with Crippen molar-refractivity contribution >= 4 is 11.9 Å². The van der Waals surface area contributed by atoms with Crippen LogP contribution in [0.15, 0.2) is 54.6 Å². The Morgan fingerprint density at radius 1 is 1.06 bits per heavy atom. The first-order valence-electron chi connectivity index (χ1n) is 11.6. The molecule has 0 unspecified atom stereocenters. The molecule has 0 aliphatic heterocycles. The van der Waals surface area contributed by atoms with E-state index in [0.717, 1.165) is 5.56 Å². The molecule has 0 spiro atoms. The average Bonchev–Trinajstić information content (AvgIpc) is 3.21. The molecule has 0 aliphatic carbocycles. The van der Waals surface area contributed by atoms with E-state index in [1.54, 1.807) is 0 Å². The summed E-state index contributed by atoms with van der Waals surface area (Å²) < 4.78 is 20.8. The van der Waals surface area contributed by atoms with Crippen LogP contribution in [0.5, 0.6) is 5.88 Å². The Hall–Kier alpha value is -3.76. The van der Waals surface area contributed by atoms with Gasteiger partial charge >= 0.3 is 5.97 Å². The van der Waals surface area contributed by atoms with Crippen molar-refractivity contribution in [1.82, 2.24) is 15.1 Å². The van der Waals surface area contributed by atoms with E-state index < -0.39 is 36.3 Å². The average molecular weight is 500 g/mol. The predicted molar refractivity (Wildman–Crippen MR) is 130 cm³/mol. The smallest absolute Gasteiger partial charge is 0.305 e. The highest BCUT2D eigenvalue weighted by molar-refractivity contribution is 5.94. The highest BCUT2D eigenvalue weighted by Crippen LogP contribution is 2.33. The van der Waals surface area contributed by atoms with Gasteiger partial charge in [0.2, 0.25) is 5.88 Å². The molecule has 3 rings (SSSR count). The summed E-state index contributed by atoms with van der Waals surface area (Å²) in [6, 6.07) is 14.9. The zero-order valence-electron chi connectivity index (χ0n) is 20.1. The molecule has 2 aromatic carbocycles. The number of carbonyl (C=O) groups is 2. The second kappa shape index (κ2) is 12.3. The Bertz CT molecular complexity index is 1160. The number of aliphatic hydroxyl groups excluding tert-OH is 2. The van der Waals surface area contributed by atoms with Gasteiger partial charge in [0.1, 0.15) is 12.4 Å². The number of aromatic nitrogens is 2. The van der Waals surface area contributed by atoms with Gasteiger partial charge in [-0.15, -0.1) is 0 Å². The lowest BCUT2D eigenvalue weighted by Gasteiger charge is -2.17. The Kier molecular flexibility index (Phi) is 9.15. The molecule has 192 valence electrons. The number of benzene rings is 2. The van der Waals surface area contributed by atoms with E-state index in [4.69, 9.17) is 9.84 Å². The normalized spacial score (nSPS) is 12.8. The quantitative estimate of drug-likeness (QED) is 0.301. The number of halogens is 1. The number of aliphatic hydroxyl groups is 2. The number of hydrogen-bond acceptors (Lipinski definition) is 6. The molecule has 0 bridgehead atoms. The monoisotopic (exact) mass is 499 g/mol. The van der Waals surface area contributed by atoms with Crippen molar-refractivity contribution in [3.8, 4) is 11.6 Å². The van der Waals surface area contributed by atoms with E-state index in [1.807, 2.05) is 44.2 Å². The maximum absolute atomic E-state index is 13.5. The van der Waals surface area contributed by atoms with E-state index in [-0.39, 0.29) is 37.1 Å². The lowest BCUT2D eigenvalue weighted by Crippen LogP contribution is -2.26. The van der Waals surface area contributed by atoms with Crippen LogP contribution in [0.1, 0.15) is 54.2 Å². The number of nitrogens with one attached hydrogen (secondary N) is 1. The van der Waals surface area contributed by atoms with E-state index in [2.05, 4.69) is 10.4 Å². The molecule has 1 heterocycles. The highest BCUT2D eigenvalue weighted by Gasteiger charge is 2.28. The van der Waals surface area contributed by atoms with Crippen molar-refractivity contribution in [1.29, 1.82) is 0 Å². The third-order valence-electron chi connectivity index (χ3n) is 5.40. The van der Waals surface area contributed by atoms with Crippen molar-refractivity contribution < 1.29 is 34.0 Å². The number of ether oxygens (including phenoxy) is 1. The van der Waals surface area contributed by atoms with Gasteiger partial charge in [-0.2, -0.15) is 5.10 Å². The molecule has 0 saturated carbocycles. The number of amides is 1. The summed E-state index contributed by atoms with van der Waals surface area (Å²) in [5.41, 5.74) is 1.97. The molecule has 10 heteroatoms. The minimum Gasteiger partial charge on any atom is -0.481 e. The zero-order valence-corrected chi connectivity index (χ0v) is 20.1. The van der Waals surface area contributed by atoms with Gasteiger partial charge < -0.3 is 25.4 Å². The SMILES string of the molecule is CC(C)c1c(C(=O)NCc2ccccc2)nn(-c2ccc(F)cc2)c1OC[C@@H](O)C[C@@H](O)CC(=O)O. The number of carboxylic acid groups (broad SMARTS) is 1. The molecule has 0 fully saturated rings. The van der Waals surface area contributed by atoms with Crippen LogP contribution in [0.4, 0.5) is 4.39 Å². The summed E-state index contributed by atoms with van der Waals surface area (Å²) in [4.78, 5) is 23.9. The number of hydrogen-bond donors (Lipinski definition) is 4. The number of aliphatic carboxylic acids is 1. The predicted octanol–water partition coefficient (Wildman–Crippen LogP) is 3.03. The van der Waals surface area contributed by atoms with E-state index in [1.165, 1.54) is 28.9 Å². The fourth-order valence-corrected chi connectivity index (χ4v) is 3.70. The summed E-state index contributed by atoms with van der Waals surface area (Å²) in [6.45, 7) is 3.73. The molecular weight excluding hydrogens is 469 g/mol. The molecule has 3 aromatic rings. The van der Waals surface area contributed by atoms with Crippen molar-refractivity contribution in [2.24, 2.45) is 0 Å². The van der Waals surface area contributed by atoms with Gasteiger partial charge in [0, 0.05) is 18.5 Å². The number of rotatable bonds is 12. The topological polar surface area (TPSA) is 134 Å². The highest BCUT2D eigenvalue weighted by atomic mass is 19.1. The zero-order chi connectivity index (χ0) is 26.2. The van der Waals surface area contributed by atoms with Crippen LogP contribution < -0.4 is 10.1 Å². The summed E-state index contributed by atoms with van der Waals surface area (Å²) >= 11 is 0. The second-order valence-electron chi connectivity index (χ2n) is 8.73. The minimum absolute atomic E-state index is 0.126. The largest absolute Gasteiger partial charge is 0.481 e. The lowest BCUT2D eigenvalue weighted by atomic mass is 10.0. The van der Waals surface area contributed by atoms with Crippen molar-refractivity contribution in [3.63, 3.8) is 0 Å². The van der Waals surface area contributed by atoms with Gasteiger partial charge in [0.15, 0.2) is 5.69 Å². The third-order valence-corrected chi connectivity index (χ3v) is 5.40. The lowest BCUT2D eigenvalue weighted by molar-refractivity contribution is -0.139. The third kappa shape index (κ3) is 7.12. The molecule has 1 aromatic heterocycles. The second-order valence-corrected chi connectivity index (χ2v) is 8.73. The van der Waals surface area contributed by atoms with Crippen LogP contribution in [0.2, 0.25) is 0 Å². The number of carbonyl (C=O) groups excluding carboxylic acids is 1. The summed E-state index contributed by atoms with van der Waals surface area (Å²) in [5, 5.41) is 36.3. The van der Waals surface area contributed by atoms with Gasteiger partial charge in [-0.3, -0.25) is 9.59 Å². The summed E-state index contributed by atoms with van der Waals surface area (Å²) in [5.74, 6) is -2.07. The van der Waals surface area contributed by atoms with Crippen LogP contribution in [-0.4, -0.2) is 55.8 Å². The molecule has 0 radical (unpaired) electrons. The Morgan fingerprint density at radius 3 is 2.33 bits per heavy atom. The minimum atomic E-state index is -1.24. The Morgan fingerprint density at radius 2 is 1.72 bits per heavy atom. The molecule has 0 aliphatic rings.